The number of aliphatic hydroxyl groups is 1. The van der Waals surface area contributed by atoms with Crippen molar-refractivity contribution in [3.63, 3.8) is 0 Å². The van der Waals surface area contributed by atoms with Crippen LogP contribution in [0.4, 0.5) is 0 Å². The van der Waals surface area contributed by atoms with Gasteiger partial charge in [0.25, 0.3) is 0 Å². The van der Waals surface area contributed by atoms with E-state index in [4.69, 9.17) is 44.8 Å². The van der Waals surface area contributed by atoms with Crippen LogP contribution in [0.5, 0.6) is 0 Å². The molecule has 5 rings (SSSR count). The van der Waals surface area contributed by atoms with E-state index in [9.17, 15) is 29.1 Å². The third-order valence-corrected chi connectivity index (χ3v) is 10.1. The number of aliphatic hydroxyl groups excluding tert-OH is 1. The molecule has 2 bridgehead atoms. The van der Waals surface area contributed by atoms with Gasteiger partial charge in [0.2, 0.25) is 0 Å². The SMILES string of the molecule is C=C1C(Cl)C2OC(=O)C(C)C23OC1C(OC(C)=O)C(OC(C)=O)C1(C)C(OC(C)=O)CC(O)C2(CO2)C1C3OC(C)=O. The molecule has 13 unspecified atom stereocenters. The Balaban J connectivity index is 1.88. The first-order chi connectivity index (χ1) is 19.5. The maximum atomic E-state index is 13.2. The Kier molecular flexibility index (Phi) is 7.44. The second-order valence-corrected chi connectivity index (χ2v) is 12.5. The molecule has 1 N–H and O–H groups in total. The van der Waals surface area contributed by atoms with Crippen LogP contribution in [0.15, 0.2) is 12.2 Å². The Labute approximate surface area is 247 Å². The molecule has 4 aliphatic heterocycles. The predicted molar refractivity (Wildman–Crippen MR) is 139 cm³/mol. The van der Waals surface area contributed by atoms with E-state index < -0.39 is 106 Å². The molecule has 13 atom stereocenters. The summed E-state index contributed by atoms with van der Waals surface area (Å²) in [4.78, 5) is 63.8. The van der Waals surface area contributed by atoms with Crippen LogP contribution in [0, 0.1) is 17.3 Å². The highest BCUT2D eigenvalue weighted by molar-refractivity contribution is 6.23. The number of rotatable bonds is 4. The van der Waals surface area contributed by atoms with Gasteiger partial charge >= 0.3 is 29.8 Å². The fraction of sp³-hybridized carbons (Fsp3) is 0.750. The first-order valence-corrected chi connectivity index (χ1v) is 14.2. The third kappa shape index (κ3) is 4.26. The Morgan fingerprint density at radius 2 is 1.52 bits per heavy atom. The number of esters is 5. The zero-order chi connectivity index (χ0) is 31.1. The molecule has 1 aliphatic carbocycles. The maximum Gasteiger partial charge on any atom is 0.312 e. The van der Waals surface area contributed by atoms with E-state index in [0.29, 0.717) is 0 Å². The van der Waals surface area contributed by atoms with Gasteiger partial charge in [-0.1, -0.05) is 13.5 Å². The summed E-state index contributed by atoms with van der Waals surface area (Å²) >= 11 is 6.91. The Hall–Kier alpha value is -2.74. The van der Waals surface area contributed by atoms with Crippen molar-refractivity contribution in [2.75, 3.05) is 6.61 Å². The molecule has 13 nitrogen and oxygen atoms in total. The summed E-state index contributed by atoms with van der Waals surface area (Å²) in [5.74, 6) is -5.99. The Morgan fingerprint density at radius 3 is 2.05 bits per heavy atom. The average molecular weight is 615 g/mol. The van der Waals surface area contributed by atoms with Crippen molar-refractivity contribution in [3.8, 4) is 0 Å². The molecular weight excluding hydrogens is 580 g/mol. The number of alkyl halides is 1. The average Bonchev–Trinajstić information content (AvgIpc) is 3.62. The van der Waals surface area contributed by atoms with Crippen LogP contribution in [-0.2, 0) is 57.1 Å². The number of ether oxygens (including phenoxy) is 7. The van der Waals surface area contributed by atoms with Crippen LogP contribution in [-0.4, -0.2) is 101 Å². The minimum Gasteiger partial charge on any atom is -0.462 e. The van der Waals surface area contributed by atoms with E-state index in [1.807, 2.05) is 0 Å². The van der Waals surface area contributed by atoms with E-state index >= 15 is 0 Å². The number of hydrogen-bond donors (Lipinski definition) is 1. The van der Waals surface area contributed by atoms with Crippen LogP contribution < -0.4 is 0 Å². The van der Waals surface area contributed by atoms with Gasteiger partial charge in [0.1, 0.15) is 23.9 Å². The number of hydrogen-bond acceptors (Lipinski definition) is 13. The van der Waals surface area contributed by atoms with Crippen molar-refractivity contribution in [1.29, 1.82) is 0 Å². The van der Waals surface area contributed by atoms with E-state index in [2.05, 4.69) is 6.58 Å². The van der Waals surface area contributed by atoms with Crippen LogP contribution in [0.1, 0.15) is 48.0 Å². The van der Waals surface area contributed by atoms with Gasteiger partial charge in [-0.2, -0.15) is 0 Å². The second kappa shape index (κ2) is 10.2. The first kappa shape index (κ1) is 30.7. The molecule has 0 aromatic heterocycles. The van der Waals surface area contributed by atoms with Crippen LogP contribution in [0.25, 0.3) is 0 Å². The predicted octanol–water partition coefficient (Wildman–Crippen LogP) is 0.746. The van der Waals surface area contributed by atoms with Gasteiger partial charge in [-0.25, -0.2) is 0 Å². The van der Waals surface area contributed by atoms with Gasteiger partial charge in [-0.15, -0.1) is 11.6 Å². The van der Waals surface area contributed by atoms with E-state index in [1.165, 1.54) is 13.8 Å². The topological polar surface area (TPSA) is 173 Å². The van der Waals surface area contributed by atoms with Gasteiger partial charge in [0.15, 0.2) is 23.9 Å². The first-order valence-electron chi connectivity index (χ1n) is 13.7. The summed E-state index contributed by atoms with van der Waals surface area (Å²) in [6.07, 6.45) is -9.44. The summed E-state index contributed by atoms with van der Waals surface area (Å²) < 4.78 is 41.9. The molecule has 2 spiro atoms. The van der Waals surface area contributed by atoms with Crippen molar-refractivity contribution in [2.24, 2.45) is 17.3 Å². The minimum atomic E-state index is -1.82. The van der Waals surface area contributed by atoms with Gasteiger partial charge in [0.05, 0.1) is 29.4 Å². The van der Waals surface area contributed by atoms with Crippen molar-refractivity contribution in [1.82, 2.24) is 0 Å². The number of fused-ring (bicyclic) bond motifs is 3. The summed E-state index contributed by atoms with van der Waals surface area (Å²) in [6, 6.07) is 0. The Morgan fingerprint density at radius 1 is 0.976 bits per heavy atom. The molecule has 0 aromatic rings. The molecule has 5 fully saturated rings. The highest BCUT2D eigenvalue weighted by atomic mass is 35.5. The van der Waals surface area contributed by atoms with Crippen molar-refractivity contribution in [3.05, 3.63) is 12.2 Å². The third-order valence-electron chi connectivity index (χ3n) is 9.56. The van der Waals surface area contributed by atoms with E-state index in [1.54, 1.807) is 6.92 Å². The number of epoxide rings is 1. The fourth-order valence-electron chi connectivity index (χ4n) is 7.77. The van der Waals surface area contributed by atoms with E-state index in [-0.39, 0.29) is 18.6 Å². The highest BCUT2D eigenvalue weighted by Gasteiger charge is 2.81. The maximum absolute atomic E-state index is 13.2. The molecule has 232 valence electrons. The van der Waals surface area contributed by atoms with E-state index in [0.717, 1.165) is 20.8 Å². The molecule has 14 heteroatoms. The largest absolute Gasteiger partial charge is 0.462 e. The summed E-state index contributed by atoms with van der Waals surface area (Å²) in [6.45, 7) is 11.8. The smallest absolute Gasteiger partial charge is 0.312 e. The van der Waals surface area contributed by atoms with Gasteiger partial charge < -0.3 is 38.3 Å². The number of halogens is 1. The molecule has 5 aliphatic rings. The molecule has 0 aromatic carbocycles. The standard InChI is InChI=1S/C28H35ClO13/c1-10-18(29)22-28(11(2)25(35)41-22)24(40-15(6)33)21-26(7,17(37-12(3)30)8-16(34)27(21)9-36-27)23(39-14(5)32)20(19(10)42-28)38-13(4)31/h11,16-24,34H,1,8-9H2,2-7H3. The molecule has 4 saturated heterocycles. The van der Waals surface area contributed by atoms with Crippen molar-refractivity contribution < 1.29 is 62.2 Å². The molecule has 0 radical (unpaired) electrons. The van der Waals surface area contributed by atoms with Crippen LogP contribution in [0.3, 0.4) is 0 Å². The van der Waals surface area contributed by atoms with Crippen molar-refractivity contribution >= 4 is 41.4 Å². The van der Waals surface area contributed by atoms with Gasteiger partial charge in [-0.05, 0) is 12.5 Å². The lowest BCUT2D eigenvalue weighted by molar-refractivity contribution is -0.315. The molecule has 0 amide bonds. The van der Waals surface area contributed by atoms with Crippen LogP contribution in [0.2, 0.25) is 0 Å². The lowest BCUT2D eigenvalue weighted by Crippen LogP contribution is -2.78. The normalized spacial score (nSPS) is 47.1. The highest BCUT2D eigenvalue weighted by Crippen LogP contribution is 2.65. The second-order valence-electron chi connectivity index (χ2n) is 12.0. The Bertz CT molecular complexity index is 1230. The lowest BCUT2D eigenvalue weighted by Gasteiger charge is -2.63. The molecule has 42 heavy (non-hydrogen) atoms. The van der Waals surface area contributed by atoms with Crippen molar-refractivity contribution in [2.45, 2.75) is 107 Å². The summed E-state index contributed by atoms with van der Waals surface area (Å²) in [5, 5.41) is 10.4. The minimum absolute atomic E-state index is 0.0195. The molecule has 4 heterocycles. The summed E-state index contributed by atoms with van der Waals surface area (Å²) in [5.41, 5.74) is -4.67. The quantitative estimate of drug-likeness (QED) is 0.155. The van der Waals surface area contributed by atoms with Crippen LogP contribution >= 0.6 is 11.6 Å². The number of carbonyl (C=O) groups excluding carboxylic acids is 5. The zero-order valence-corrected chi connectivity index (χ0v) is 24.9. The molecular formula is C28H35ClO13. The summed E-state index contributed by atoms with van der Waals surface area (Å²) in [7, 11) is 0. The fourth-order valence-corrected chi connectivity index (χ4v) is 8.14. The number of carbonyl (C=O) groups is 5. The van der Waals surface area contributed by atoms with Gasteiger partial charge in [0, 0.05) is 40.0 Å². The lowest BCUT2D eigenvalue weighted by atomic mass is 9.50. The van der Waals surface area contributed by atoms with Gasteiger partial charge in [-0.3, -0.25) is 24.0 Å². The zero-order valence-electron chi connectivity index (χ0n) is 24.1. The monoisotopic (exact) mass is 614 g/mol. The molecule has 1 saturated carbocycles.